The molecule has 2 atom stereocenters. The largest absolute Gasteiger partial charge is 0.450 e. The fourth-order valence-corrected chi connectivity index (χ4v) is 6.58. The fourth-order valence-electron chi connectivity index (χ4n) is 6.41. The predicted molar refractivity (Wildman–Crippen MR) is 164 cm³/mol. The molecule has 2 fully saturated rings. The van der Waals surface area contributed by atoms with E-state index in [4.69, 9.17) is 20.8 Å². The van der Waals surface area contributed by atoms with E-state index >= 15 is 8.78 Å². The summed E-state index contributed by atoms with van der Waals surface area (Å²) in [6.07, 6.45) is 3.22. The van der Waals surface area contributed by atoms with E-state index in [1.165, 1.54) is 24.4 Å². The van der Waals surface area contributed by atoms with Gasteiger partial charge in [-0.1, -0.05) is 25.4 Å². The van der Waals surface area contributed by atoms with E-state index in [0.717, 1.165) is 12.8 Å². The zero-order valence-electron chi connectivity index (χ0n) is 25.2. The number of piperidine rings is 1. The highest BCUT2D eigenvalue weighted by atomic mass is 35.5. The molecule has 3 aromatic heterocycles. The number of benzene rings is 1. The maximum Gasteiger partial charge on any atom is 0.306 e. The minimum absolute atomic E-state index is 0.0237. The molecule has 5 heterocycles. The number of hydrogen-bond acceptors (Lipinski definition) is 7. The van der Waals surface area contributed by atoms with Crippen molar-refractivity contribution in [2.45, 2.75) is 57.3 Å². The molecule has 0 radical (unpaired) electrons. The van der Waals surface area contributed by atoms with Crippen molar-refractivity contribution in [2.24, 2.45) is 5.92 Å². The van der Waals surface area contributed by atoms with Crippen LogP contribution in [0, 0.1) is 11.7 Å². The van der Waals surface area contributed by atoms with E-state index in [1.807, 2.05) is 18.7 Å². The number of rotatable bonds is 9. The van der Waals surface area contributed by atoms with E-state index in [2.05, 4.69) is 15.0 Å². The number of likely N-dealkylation sites (tertiary alicyclic amines) is 1. The van der Waals surface area contributed by atoms with Gasteiger partial charge in [-0.2, -0.15) is 8.78 Å². The van der Waals surface area contributed by atoms with Gasteiger partial charge in [0.25, 0.3) is 5.56 Å². The molecule has 45 heavy (non-hydrogen) atoms. The Balaban J connectivity index is 1.07. The second-order valence-electron chi connectivity index (χ2n) is 12.3. The number of ether oxygens (including phenoxy) is 1. The summed E-state index contributed by atoms with van der Waals surface area (Å²) < 4.78 is 56.2. The number of anilines is 1. The van der Waals surface area contributed by atoms with Gasteiger partial charge in [-0.25, -0.2) is 14.4 Å². The Bertz CT molecular complexity index is 1790. The first-order chi connectivity index (χ1) is 21.5. The first kappa shape index (κ1) is 31.3. The molecule has 1 N–H and O–H groups in total. The summed E-state index contributed by atoms with van der Waals surface area (Å²) in [5, 5.41) is 0.890. The van der Waals surface area contributed by atoms with Gasteiger partial charge >= 0.3 is 5.92 Å². The van der Waals surface area contributed by atoms with Gasteiger partial charge in [-0.15, -0.1) is 0 Å². The van der Waals surface area contributed by atoms with E-state index in [-0.39, 0.29) is 59.5 Å². The van der Waals surface area contributed by atoms with Crippen molar-refractivity contribution in [3.63, 3.8) is 0 Å². The molecule has 4 aromatic rings. The number of amides is 1. The average Bonchev–Trinajstić information content (AvgIpc) is 3.67. The lowest BCUT2D eigenvalue weighted by molar-refractivity contribution is -0.139. The van der Waals surface area contributed by atoms with Crippen molar-refractivity contribution in [1.29, 1.82) is 0 Å². The first-order valence-electron chi connectivity index (χ1n) is 15.2. The van der Waals surface area contributed by atoms with Crippen LogP contribution in [0.1, 0.15) is 57.3 Å². The Morgan fingerprint density at radius 1 is 1.22 bits per heavy atom. The average molecular weight is 646 g/mol. The normalized spacial score (nSPS) is 20.9. The van der Waals surface area contributed by atoms with E-state index < -0.39 is 29.4 Å². The number of aromatic amines is 1. The molecule has 1 amide bonds. The molecule has 240 valence electrons. The summed E-state index contributed by atoms with van der Waals surface area (Å²) in [6, 6.07) is 5.62. The van der Waals surface area contributed by atoms with Crippen LogP contribution in [0.25, 0.3) is 22.1 Å². The third-order valence-electron chi connectivity index (χ3n) is 9.32. The molecular formula is C32H35ClF3N5O4. The minimum Gasteiger partial charge on any atom is -0.450 e. The van der Waals surface area contributed by atoms with Crippen LogP contribution in [-0.4, -0.2) is 65.2 Å². The number of H-pyrrole nitrogens is 1. The van der Waals surface area contributed by atoms with Crippen molar-refractivity contribution in [3.8, 4) is 0 Å². The Hall–Kier alpha value is -3.64. The number of carbonyl (C=O) groups excluding carboxylic acids is 1. The highest BCUT2D eigenvalue weighted by molar-refractivity contribution is 6.30. The maximum absolute atomic E-state index is 15.5. The second kappa shape index (κ2) is 12.3. The number of fused-ring (bicyclic) bond motifs is 3. The lowest BCUT2D eigenvalue weighted by Crippen LogP contribution is -2.51. The zero-order valence-corrected chi connectivity index (χ0v) is 25.9. The minimum atomic E-state index is -3.37. The molecule has 0 aliphatic carbocycles. The van der Waals surface area contributed by atoms with Crippen molar-refractivity contribution < 1.29 is 27.1 Å². The van der Waals surface area contributed by atoms with Gasteiger partial charge < -0.3 is 23.9 Å². The number of hydrogen-bond donors (Lipinski definition) is 1. The molecule has 0 spiro atoms. The van der Waals surface area contributed by atoms with Gasteiger partial charge in [0.2, 0.25) is 11.7 Å². The van der Waals surface area contributed by atoms with Crippen LogP contribution < -0.4 is 10.5 Å². The standard InChI is InChI=1S/C32H35ClF3N5O4/c1-19-17-41(12-9-31(19,2)23-14-20(33)16-37-29(23)43)25(42)18-44-13-5-8-32(35,36)30-38-26-22-7-6-21(34)15-24(22)45-27(26)28(39-30)40-10-3-4-11-40/h6-7,14-16,19H,3-5,8-13,17-18H2,1-2H3,(H,37,43). The van der Waals surface area contributed by atoms with Crippen molar-refractivity contribution in [2.75, 3.05) is 44.3 Å². The topological polar surface area (TPSA) is 105 Å². The van der Waals surface area contributed by atoms with Gasteiger partial charge in [0, 0.05) is 67.8 Å². The van der Waals surface area contributed by atoms with Crippen LogP contribution in [0.4, 0.5) is 19.0 Å². The van der Waals surface area contributed by atoms with Crippen molar-refractivity contribution in [3.05, 3.63) is 63.0 Å². The lowest BCUT2D eigenvalue weighted by atomic mass is 9.68. The Morgan fingerprint density at radius 2 is 2.00 bits per heavy atom. The molecule has 2 saturated heterocycles. The highest BCUT2D eigenvalue weighted by Crippen LogP contribution is 2.40. The van der Waals surface area contributed by atoms with Crippen LogP contribution in [0.5, 0.6) is 0 Å². The van der Waals surface area contributed by atoms with Crippen molar-refractivity contribution in [1.82, 2.24) is 19.9 Å². The molecule has 6 rings (SSSR count). The van der Waals surface area contributed by atoms with E-state index in [0.29, 0.717) is 48.6 Å². The van der Waals surface area contributed by atoms with Crippen molar-refractivity contribution >= 4 is 45.4 Å². The number of aromatic nitrogens is 3. The fraction of sp³-hybridized carbons (Fsp3) is 0.500. The molecule has 2 unspecified atom stereocenters. The number of pyridine rings is 1. The molecule has 0 saturated carbocycles. The number of alkyl halides is 2. The summed E-state index contributed by atoms with van der Waals surface area (Å²) >= 11 is 6.13. The van der Waals surface area contributed by atoms with Gasteiger partial charge in [0.15, 0.2) is 11.4 Å². The van der Waals surface area contributed by atoms with Crippen LogP contribution in [-0.2, 0) is 20.9 Å². The third-order valence-corrected chi connectivity index (χ3v) is 9.53. The number of furan rings is 1. The lowest BCUT2D eigenvalue weighted by Gasteiger charge is -2.44. The molecule has 1 aromatic carbocycles. The summed E-state index contributed by atoms with van der Waals surface area (Å²) in [7, 11) is 0. The Morgan fingerprint density at radius 3 is 2.76 bits per heavy atom. The third kappa shape index (κ3) is 6.14. The summed E-state index contributed by atoms with van der Waals surface area (Å²) in [5.41, 5.74) is 0.664. The van der Waals surface area contributed by atoms with E-state index in [9.17, 15) is 14.0 Å². The number of nitrogens with one attached hydrogen (secondary N) is 1. The van der Waals surface area contributed by atoms with Crippen LogP contribution >= 0.6 is 11.6 Å². The van der Waals surface area contributed by atoms with Gasteiger partial charge in [-0.05, 0) is 49.8 Å². The molecule has 9 nitrogen and oxygen atoms in total. The molecule has 2 aliphatic heterocycles. The van der Waals surface area contributed by atoms with Crippen LogP contribution in [0.15, 0.2) is 39.7 Å². The van der Waals surface area contributed by atoms with Gasteiger partial charge in [0.05, 0.1) is 5.02 Å². The predicted octanol–water partition coefficient (Wildman–Crippen LogP) is 6.17. The summed E-state index contributed by atoms with van der Waals surface area (Å²) in [5.74, 6) is -4.46. The summed E-state index contributed by atoms with van der Waals surface area (Å²) in [6.45, 7) is 5.88. The first-order valence-corrected chi connectivity index (χ1v) is 15.6. The number of carbonyl (C=O) groups is 1. The van der Waals surface area contributed by atoms with Crippen LogP contribution in [0.2, 0.25) is 5.02 Å². The highest BCUT2D eigenvalue weighted by Gasteiger charge is 2.41. The molecule has 2 aliphatic rings. The maximum atomic E-state index is 15.5. The molecule has 0 bridgehead atoms. The Labute approximate surface area is 262 Å². The number of halogens is 4. The molecule has 13 heteroatoms. The summed E-state index contributed by atoms with van der Waals surface area (Å²) in [4.78, 5) is 40.1. The monoisotopic (exact) mass is 645 g/mol. The smallest absolute Gasteiger partial charge is 0.306 e. The zero-order chi connectivity index (χ0) is 31.9. The van der Waals surface area contributed by atoms with Gasteiger partial charge in [0.1, 0.15) is 23.5 Å². The molecular weight excluding hydrogens is 611 g/mol. The van der Waals surface area contributed by atoms with Gasteiger partial charge in [-0.3, -0.25) is 9.59 Å². The Kier molecular flexibility index (Phi) is 8.55. The quantitative estimate of drug-likeness (QED) is 0.217. The second-order valence-corrected chi connectivity index (χ2v) is 12.8. The SMILES string of the molecule is CC1CN(C(=O)COCCCC(F)(F)c2nc(N3CCCC3)c3oc4cc(F)ccc4c3n2)CCC1(C)c1cc(Cl)c[nH]c1=O. The number of nitrogens with zero attached hydrogens (tertiary/aromatic N) is 4. The van der Waals surface area contributed by atoms with E-state index in [1.54, 1.807) is 11.0 Å². The van der Waals surface area contributed by atoms with Crippen LogP contribution in [0.3, 0.4) is 0 Å².